The Morgan fingerprint density at radius 2 is 1.77 bits per heavy atom. The second kappa shape index (κ2) is 6.95. The van der Waals surface area contributed by atoms with E-state index in [1.165, 1.54) is 0 Å². The molecule has 3 aromatic rings. The Labute approximate surface area is 152 Å². The van der Waals surface area contributed by atoms with Gasteiger partial charge in [0.15, 0.2) is 5.82 Å². The number of amides is 1. The van der Waals surface area contributed by atoms with E-state index in [-0.39, 0.29) is 5.91 Å². The quantitative estimate of drug-likeness (QED) is 0.749. The summed E-state index contributed by atoms with van der Waals surface area (Å²) in [6, 6.07) is 11.2. The van der Waals surface area contributed by atoms with Crippen LogP contribution < -0.4 is 10.6 Å². The van der Waals surface area contributed by atoms with E-state index in [1.807, 2.05) is 70.3 Å². The Kier molecular flexibility index (Phi) is 4.71. The molecule has 134 valence electrons. The Morgan fingerprint density at radius 3 is 2.38 bits per heavy atom. The van der Waals surface area contributed by atoms with E-state index < -0.39 is 5.41 Å². The Bertz CT molecular complexity index is 895. The van der Waals surface area contributed by atoms with E-state index in [1.54, 1.807) is 10.9 Å². The third-order valence-corrected chi connectivity index (χ3v) is 3.66. The SMILES string of the molecule is Cc1nc(Nc2ccc(NC(=O)C(C)(C)C)cc2)cc(-n2cccn2)n1. The van der Waals surface area contributed by atoms with Gasteiger partial charge in [0.1, 0.15) is 11.6 Å². The highest BCUT2D eigenvalue weighted by Gasteiger charge is 2.20. The Hall–Kier alpha value is -3.22. The highest BCUT2D eigenvalue weighted by atomic mass is 16.2. The van der Waals surface area contributed by atoms with E-state index >= 15 is 0 Å². The molecule has 0 atom stereocenters. The van der Waals surface area contributed by atoms with Crippen molar-refractivity contribution in [2.75, 3.05) is 10.6 Å². The van der Waals surface area contributed by atoms with Gasteiger partial charge in [0.05, 0.1) is 0 Å². The molecule has 0 bridgehead atoms. The van der Waals surface area contributed by atoms with Gasteiger partial charge in [0.25, 0.3) is 0 Å². The molecule has 0 saturated heterocycles. The van der Waals surface area contributed by atoms with Crippen LogP contribution in [0.1, 0.15) is 26.6 Å². The molecule has 0 spiro atoms. The first kappa shape index (κ1) is 17.6. The lowest BCUT2D eigenvalue weighted by atomic mass is 9.95. The number of carbonyl (C=O) groups excluding carboxylic acids is 1. The van der Waals surface area contributed by atoms with Crippen molar-refractivity contribution in [3.63, 3.8) is 0 Å². The number of benzene rings is 1. The van der Waals surface area contributed by atoms with Gasteiger partial charge in [-0.25, -0.2) is 14.6 Å². The number of rotatable bonds is 4. The number of hydrogen-bond acceptors (Lipinski definition) is 5. The van der Waals surface area contributed by atoms with Gasteiger partial charge in [0, 0.05) is 35.2 Å². The zero-order chi connectivity index (χ0) is 18.7. The molecule has 0 saturated carbocycles. The van der Waals surface area contributed by atoms with E-state index in [4.69, 9.17) is 0 Å². The van der Waals surface area contributed by atoms with Crippen LogP contribution in [0.25, 0.3) is 5.82 Å². The summed E-state index contributed by atoms with van der Waals surface area (Å²) >= 11 is 0. The predicted molar refractivity (Wildman–Crippen MR) is 102 cm³/mol. The number of anilines is 3. The van der Waals surface area contributed by atoms with Gasteiger partial charge in [0.2, 0.25) is 5.91 Å². The monoisotopic (exact) mass is 350 g/mol. The van der Waals surface area contributed by atoms with Gasteiger partial charge < -0.3 is 10.6 Å². The van der Waals surface area contributed by atoms with Crippen molar-refractivity contribution < 1.29 is 4.79 Å². The van der Waals surface area contributed by atoms with Crippen molar-refractivity contribution in [1.82, 2.24) is 19.7 Å². The van der Waals surface area contributed by atoms with E-state index in [0.29, 0.717) is 17.5 Å². The average molecular weight is 350 g/mol. The van der Waals surface area contributed by atoms with Crippen LogP contribution in [0.15, 0.2) is 48.8 Å². The molecule has 1 amide bonds. The van der Waals surface area contributed by atoms with Crippen molar-refractivity contribution >= 4 is 23.1 Å². The van der Waals surface area contributed by atoms with Gasteiger partial charge in [-0.3, -0.25) is 4.79 Å². The number of aromatic nitrogens is 4. The molecule has 2 aromatic heterocycles. The molecule has 3 rings (SSSR count). The number of nitrogens with one attached hydrogen (secondary N) is 2. The first-order valence-electron chi connectivity index (χ1n) is 8.35. The molecule has 0 aliphatic rings. The Morgan fingerprint density at radius 1 is 1.08 bits per heavy atom. The third-order valence-electron chi connectivity index (χ3n) is 3.66. The molecule has 7 nitrogen and oxygen atoms in total. The minimum Gasteiger partial charge on any atom is -0.340 e. The number of carbonyl (C=O) groups is 1. The molecule has 0 fully saturated rings. The van der Waals surface area contributed by atoms with Crippen molar-refractivity contribution in [3.05, 3.63) is 54.6 Å². The molecule has 7 heteroatoms. The first-order chi connectivity index (χ1) is 12.3. The topological polar surface area (TPSA) is 84.7 Å². The fourth-order valence-corrected chi connectivity index (χ4v) is 2.24. The number of nitrogens with zero attached hydrogens (tertiary/aromatic N) is 4. The highest BCUT2D eigenvalue weighted by Crippen LogP contribution is 2.21. The van der Waals surface area contributed by atoms with Crippen LogP contribution in [0, 0.1) is 12.3 Å². The molecule has 0 aliphatic carbocycles. The number of hydrogen-bond donors (Lipinski definition) is 2. The van der Waals surface area contributed by atoms with Crippen LogP contribution in [-0.4, -0.2) is 25.7 Å². The summed E-state index contributed by atoms with van der Waals surface area (Å²) in [5.41, 5.74) is 1.19. The normalized spacial score (nSPS) is 11.2. The standard InChI is InChI=1S/C19H22N6O/c1-13-21-16(12-17(22-13)25-11-5-10-20-25)23-14-6-8-15(9-7-14)24-18(26)19(2,3)4/h5-12H,1-4H3,(H,24,26)(H,21,22,23). The zero-order valence-electron chi connectivity index (χ0n) is 15.3. The summed E-state index contributed by atoms with van der Waals surface area (Å²) < 4.78 is 1.69. The van der Waals surface area contributed by atoms with E-state index in [0.717, 1.165) is 11.4 Å². The van der Waals surface area contributed by atoms with Crippen LogP contribution >= 0.6 is 0 Å². The lowest BCUT2D eigenvalue weighted by Crippen LogP contribution is -2.27. The molecule has 2 N–H and O–H groups in total. The zero-order valence-corrected chi connectivity index (χ0v) is 15.3. The largest absolute Gasteiger partial charge is 0.340 e. The second-order valence-corrected chi connectivity index (χ2v) is 7.02. The van der Waals surface area contributed by atoms with Crippen LogP contribution in [0.2, 0.25) is 0 Å². The fraction of sp³-hybridized carbons (Fsp3) is 0.263. The van der Waals surface area contributed by atoms with Crippen LogP contribution in [0.5, 0.6) is 0 Å². The van der Waals surface area contributed by atoms with Crippen molar-refractivity contribution in [1.29, 1.82) is 0 Å². The van der Waals surface area contributed by atoms with Crippen LogP contribution in [-0.2, 0) is 4.79 Å². The second-order valence-electron chi connectivity index (χ2n) is 7.02. The van der Waals surface area contributed by atoms with Crippen molar-refractivity contribution in [2.24, 2.45) is 5.41 Å². The highest BCUT2D eigenvalue weighted by molar-refractivity contribution is 5.94. The Balaban J connectivity index is 1.74. The van der Waals surface area contributed by atoms with Gasteiger partial charge in [-0.1, -0.05) is 20.8 Å². The van der Waals surface area contributed by atoms with Gasteiger partial charge in [-0.2, -0.15) is 5.10 Å². The van der Waals surface area contributed by atoms with Crippen LogP contribution in [0.4, 0.5) is 17.2 Å². The molecule has 0 radical (unpaired) electrons. The minimum atomic E-state index is -0.432. The summed E-state index contributed by atoms with van der Waals surface area (Å²) in [4.78, 5) is 20.8. The minimum absolute atomic E-state index is 0.0199. The average Bonchev–Trinajstić information content (AvgIpc) is 3.10. The molecule has 1 aromatic carbocycles. The summed E-state index contributed by atoms with van der Waals surface area (Å²) in [7, 11) is 0. The molecule has 0 aliphatic heterocycles. The summed E-state index contributed by atoms with van der Waals surface area (Å²) in [5.74, 6) is 2.00. The fourth-order valence-electron chi connectivity index (χ4n) is 2.24. The maximum absolute atomic E-state index is 12.0. The maximum Gasteiger partial charge on any atom is 0.229 e. The molecule has 2 heterocycles. The van der Waals surface area contributed by atoms with Crippen molar-refractivity contribution in [2.45, 2.75) is 27.7 Å². The van der Waals surface area contributed by atoms with Gasteiger partial charge in [-0.15, -0.1) is 0 Å². The van der Waals surface area contributed by atoms with Gasteiger partial charge in [-0.05, 0) is 37.3 Å². The smallest absolute Gasteiger partial charge is 0.229 e. The van der Waals surface area contributed by atoms with E-state index in [9.17, 15) is 4.79 Å². The third kappa shape index (κ3) is 4.24. The summed E-state index contributed by atoms with van der Waals surface area (Å²) in [6.45, 7) is 7.48. The lowest BCUT2D eigenvalue weighted by molar-refractivity contribution is -0.123. The lowest BCUT2D eigenvalue weighted by Gasteiger charge is -2.17. The molecular weight excluding hydrogens is 328 g/mol. The summed E-state index contributed by atoms with van der Waals surface area (Å²) in [6.07, 6.45) is 3.54. The summed E-state index contributed by atoms with van der Waals surface area (Å²) in [5, 5.41) is 10.4. The number of aryl methyl sites for hydroxylation is 1. The van der Waals surface area contributed by atoms with Crippen molar-refractivity contribution in [3.8, 4) is 5.82 Å². The van der Waals surface area contributed by atoms with E-state index in [2.05, 4.69) is 25.7 Å². The predicted octanol–water partition coefficient (Wildman–Crippen LogP) is 3.70. The maximum atomic E-state index is 12.0. The van der Waals surface area contributed by atoms with Gasteiger partial charge >= 0.3 is 0 Å². The van der Waals surface area contributed by atoms with Crippen LogP contribution in [0.3, 0.4) is 0 Å². The first-order valence-corrected chi connectivity index (χ1v) is 8.35. The molecule has 26 heavy (non-hydrogen) atoms. The molecule has 0 unspecified atom stereocenters. The molecular formula is C19H22N6O.